The van der Waals surface area contributed by atoms with E-state index in [9.17, 15) is 0 Å². The largest absolute Gasteiger partial charge is 0.0654 e. The maximum absolute atomic E-state index is 2.29. The lowest BCUT2D eigenvalue weighted by molar-refractivity contribution is 0.663. The molecular formula is C12H26. The standard InChI is InChI=1S/C7H14.C5H12/c1-3-6-5-7(6)4-2;1-3-5-4-2/h6-7H,3-5H2,1-2H3;3-5H2,1-2H3. The molecule has 0 aliphatic heterocycles. The third kappa shape index (κ3) is 5.62. The van der Waals surface area contributed by atoms with E-state index in [0.29, 0.717) is 0 Å². The van der Waals surface area contributed by atoms with Crippen molar-refractivity contribution in [3.8, 4) is 0 Å². The van der Waals surface area contributed by atoms with Crippen LogP contribution in [0.3, 0.4) is 0 Å². The fourth-order valence-corrected chi connectivity index (χ4v) is 1.66. The van der Waals surface area contributed by atoms with Crippen LogP contribution in [-0.4, -0.2) is 0 Å². The molecule has 0 bridgehead atoms. The van der Waals surface area contributed by atoms with Gasteiger partial charge in [-0.15, -0.1) is 0 Å². The first-order valence-corrected chi connectivity index (χ1v) is 5.79. The van der Waals surface area contributed by atoms with E-state index in [1.807, 2.05) is 0 Å². The zero-order chi connectivity index (χ0) is 9.40. The Kier molecular flexibility index (Phi) is 7.64. The Bertz CT molecular complexity index is 76.0. The van der Waals surface area contributed by atoms with Gasteiger partial charge in [0.2, 0.25) is 0 Å². The Morgan fingerprint density at radius 2 is 1.25 bits per heavy atom. The summed E-state index contributed by atoms with van der Waals surface area (Å²) >= 11 is 0. The summed E-state index contributed by atoms with van der Waals surface area (Å²) < 4.78 is 0. The zero-order valence-corrected chi connectivity index (χ0v) is 9.40. The van der Waals surface area contributed by atoms with Gasteiger partial charge in [0.1, 0.15) is 0 Å². The maximum Gasteiger partial charge on any atom is -0.0386 e. The van der Waals surface area contributed by atoms with E-state index in [0.717, 1.165) is 11.8 Å². The molecule has 2 unspecified atom stereocenters. The van der Waals surface area contributed by atoms with Gasteiger partial charge >= 0.3 is 0 Å². The summed E-state index contributed by atoms with van der Waals surface area (Å²) in [5.74, 6) is 2.23. The van der Waals surface area contributed by atoms with Gasteiger partial charge in [-0.05, 0) is 18.3 Å². The molecule has 0 aromatic rings. The fourth-order valence-electron chi connectivity index (χ4n) is 1.66. The molecule has 0 amide bonds. The van der Waals surface area contributed by atoms with Crippen LogP contribution < -0.4 is 0 Å². The number of hydrogen-bond donors (Lipinski definition) is 0. The summed E-state index contributed by atoms with van der Waals surface area (Å²) in [6.45, 7) is 9.01. The SMILES string of the molecule is CCC1CC1CC.CCCCC. The lowest BCUT2D eigenvalue weighted by Crippen LogP contribution is -1.74. The summed E-state index contributed by atoms with van der Waals surface area (Å²) in [6, 6.07) is 0. The van der Waals surface area contributed by atoms with Gasteiger partial charge in [0.15, 0.2) is 0 Å². The van der Waals surface area contributed by atoms with Gasteiger partial charge in [-0.1, -0.05) is 59.8 Å². The minimum Gasteiger partial charge on any atom is -0.0654 e. The van der Waals surface area contributed by atoms with Gasteiger partial charge in [0.25, 0.3) is 0 Å². The highest BCUT2D eigenvalue weighted by Crippen LogP contribution is 2.42. The Balaban J connectivity index is 0.000000217. The second-order valence-electron chi connectivity index (χ2n) is 3.93. The summed E-state index contributed by atoms with van der Waals surface area (Å²) in [7, 11) is 0. The third-order valence-electron chi connectivity index (χ3n) is 2.82. The molecule has 74 valence electrons. The molecular weight excluding hydrogens is 144 g/mol. The van der Waals surface area contributed by atoms with Crippen molar-refractivity contribution in [1.29, 1.82) is 0 Å². The highest BCUT2D eigenvalue weighted by molar-refractivity contribution is 4.83. The number of unbranched alkanes of at least 4 members (excludes halogenated alkanes) is 2. The first-order valence-electron chi connectivity index (χ1n) is 5.79. The van der Waals surface area contributed by atoms with Crippen molar-refractivity contribution in [2.24, 2.45) is 11.8 Å². The highest BCUT2D eigenvalue weighted by Gasteiger charge is 2.32. The number of hydrogen-bond acceptors (Lipinski definition) is 0. The Hall–Kier alpha value is 0. The minimum absolute atomic E-state index is 1.12. The summed E-state index contributed by atoms with van der Waals surface area (Å²) in [5, 5.41) is 0. The van der Waals surface area contributed by atoms with Crippen LogP contribution in [0, 0.1) is 11.8 Å². The molecule has 0 radical (unpaired) electrons. The molecule has 2 atom stereocenters. The van der Waals surface area contributed by atoms with Gasteiger partial charge in [-0.25, -0.2) is 0 Å². The van der Waals surface area contributed by atoms with Crippen LogP contribution in [0.5, 0.6) is 0 Å². The smallest absolute Gasteiger partial charge is 0.0386 e. The van der Waals surface area contributed by atoms with Gasteiger partial charge in [0.05, 0.1) is 0 Å². The van der Waals surface area contributed by atoms with Gasteiger partial charge in [-0.3, -0.25) is 0 Å². The highest BCUT2D eigenvalue weighted by atomic mass is 14.4. The monoisotopic (exact) mass is 170 g/mol. The van der Waals surface area contributed by atoms with Gasteiger partial charge in [-0.2, -0.15) is 0 Å². The van der Waals surface area contributed by atoms with Crippen LogP contribution in [0.15, 0.2) is 0 Å². The van der Waals surface area contributed by atoms with E-state index < -0.39 is 0 Å². The number of rotatable bonds is 4. The summed E-state index contributed by atoms with van der Waals surface area (Å²) in [6.07, 6.45) is 8.43. The Morgan fingerprint density at radius 1 is 0.833 bits per heavy atom. The first-order chi connectivity index (χ1) is 5.79. The molecule has 0 N–H and O–H groups in total. The van der Waals surface area contributed by atoms with Crippen LogP contribution in [0.1, 0.15) is 66.2 Å². The molecule has 12 heavy (non-hydrogen) atoms. The minimum atomic E-state index is 1.12. The molecule has 1 aliphatic rings. The molecule has 1 aliphatic carbocycles. The van der Waals surface area contributed by atoms with Crippen molar-refractivity contribution in [2.45, 2.75) is 66.2 Å². The average Bonchev–Trinajstić information content (AvgIpc) is 2.85. The van der Waals surface area contributed by atoms with E-state index in [2.05, 4.69) is 27.7 Å². The van der Waals surface area contributed by atoms with Crippen molar-refractivity contribution < 1.29 is 0 Å². The van der Waals surface area contributed by atoms with Crippen molar-refractivity contribution in [2.75, 3.05) is 0 Å². The van der Waals surface area contributed by atoms with E-state index >= 15 is 0 Å². The second kappa shape index (κ2) is 7.64. The lowest BCUT2D eigenvalue weighted by Gasteiger charge is -1.85. The summed E-state index contributed by atoms with van der Waals surface area (Å²) in [4.78, 5) is 0. The fraction of sp³-hybridized carbons (Fsp3) is 1.00. The van der Waals surface area contributed by atoms with Crippen LogP contribution in [0.4, 0.5) is 0 Å². The van der Waals surface area contributed by atoms with E-state index in [1.54, 1.807) is 0 Å². The molecule has 0 saturated heterocycles. The quantitative estimate of drug-likeness (QED) is 0.576. The lowest BCUT2D eigenvalue weighted by atomic mass is 10.2. The predicted octanol–water partition coefficient (Wildman–Crippen LogP) is 4.64. The van der Waals surface area contributed by atoms with Crippen molar-refractivity contribution in [3.05, 3.63) is 0 Å². The van der Waals surface area contributed by atoms with Crippen molar-refractivity contribution in [3.63, 3.8) is 0 Å². The Morgan fingerprint density at radius 3 is 1.33 bits per heavy atom. The van der Waals surface area contributed by atoms with Crippen LogP contribution in [0.25, 0.3) is 0 Å². The van der Waals surface area contributed by atoms with E-state index in [4.69, 9.17) is 0 Å². The second-order valence-corrected chi connectivity index (χ2v) is 3.93. The average molecular weight is 170 g/mol. The van der Waals surface area contributed by atoms with Crippen molar-refractivity contribution >= 4 is 0 Å². The molecule has 0 heteroatoms. The van der Waals surface area contributed by atoms with Gasteiger partial charge < -0.3 is 0 Å². The molecule has 0 heterocycles. The third-order valence-corrected chi connectivity index (χ3v) is 2.82. The molecule has 0 aromatic carbocycles. The van der Waals surface area contributed by atoms with Crippen molar-refractivity contribution in [1.82, 2.24) is 0 Å². The molecule has 0 spiro atoms. The summed E-state index contributed by atoms with van der Waals surface area (Å²) in [5.41, 5.74) is 0. The van der Waals surface area contributed by atoms with E-state index in [-0.39, 0.29) is 0 Å². The molecule has 1 fully saturated rings. The molecule has 0 aromatic heterocycles. The molecule has 1 saturated carbocycles. The van der Waals surface area contributed by atoms with Crippen LogP contribution in [0.2, 0.25) is 0 Å². The van der Waals surface area contributed by atoms with E-state index in [1.165, 1.54) is 38.5 Å². The topological polar surface area (TPSA) is 0 Å². The molecule has 0 nitrogen and oxygen atoms in total. The van der Waals surface area contributed by atoms with Crippen LogP contribution >= 0.6 is 0 Å². The maximum atomic E-state index is 2.29. The zero-order valence-electron chi connectivity index (χ0n) is 9.40. The normalized spacial score (nSPS) is 26.0. The first kappa shape index (κ1) is 12.0. The Labute approximate surface area is 78.8 Å². The van der Waals surface area contributed by atoms with Crippen LogP contribution in [-0.2, 0) is 0 Å². The predicted molar refractivity (Wildman–Crippen MR) is 57.4 cm³/mol. The van der Waals surface area contributed by atoms with Gasteiger partial charge in [0, 0.05) is 0 Å². The molecule has 1 rings (SSSR count).